The summed E-state index contributed by atoms with van der Waals surface area (Å²) < 4.78 is 6.84. The minimum atomic E-state index is 0.368. The van der Waals surface area contributed by atoms with Crippen LogP contribution in [-0.4, -0.2) is 30.3 Å². The number of hydrogen-bond acceptors (Lipinski definition) is 3. The van der Waals surface area contributed by atoms with E-state index in [1.165, 1.54) is 12.8 Å². The Balaban J connectivity index is 2.01. The molecule has 2 N–H and O–H groups in total. The predicted octanol–water partition coefficient (Wildman–Crippen LogP) is 2.84. The molecule has 2 aliphatic rings. The number of fused-ring (bicyclic) bond motifs is 1. The Morgan fingerprint density at radius 1 is 1.42 bits per heavy atom. The van der Waals surface area contributed by atoms with E-state index in [1.807, 2.05) is 12.1 Å². The van der Waals surface area contributed by atoms with Gasteiger partial charge in [0.25, 0.3) is 0 Å². The molecule has 3 rings (SSSR count). The Labute approximate surface area is 127 Å². The van der Waals surface area contributed by atoms with Crippen molar-refractivity contribution < 1.29 is 4.74 Å². The molecule has 0 aromatic heterocycles. The fourth-order valence-corrected chi connectivity index (χ4v) is 4.14. The molecule has 2 atom stereocenters. The summed E-state index contributed by atoms with van der Waals surface area (Å²) in [5, 5.41) is 0. The Kier molecular flexibility index (Phi) is 3.78. The van der Waals surface area contributed by atoms with Crippen LogP contribution in [0.25, 0.3) is 0 Å². The van der Waals surface area contributed by atoms with E-state index in [1.54, 1.807) is 0 Å². The van der Waals surface area contributed by atoms with Crippen LogP contribution in [0.15, 0.2) is 22.7 Å². The molecule has 5 heteroatoms. The highest BCUT2D eigenvalue weighted by molar-refractivity contribution is 9.10. The zero-order valence-corrected chi connectivity index (χ0v) is 13.0. The molecule has 0 spiro atoms. The van der Waals surface area contributed by atoms with Crippen molar-refractivity contribution in [3.8, 4) is 0 Å². The van der Waals surface area contributed by atoms with Gasteiger partial charge in [-0.3, -0.25) is 0 Å². The number of rotatable bonds is 2. The monoisotopic (exact) mass is 340 g/mol. The second-order valence-corrected chi connectivity index (χ2v) is 6.39. The number of nitrogens with zero attached hydrogens (tertiary/aromatic N) is 1. The number of morpholine rings is 1. The van der Waals surface area contributed by atoms with Gasteiger partial charge in [-0.2, -0.15) is 0 Å². The molecule has 1 saturated carbocycles. The van der Waals surface area contributed by atoms with Crippen molar-refractivity contribution in [2.75, 3.05) is 18.1 Å². The second-order valence-electron chi connectivity index (χ2n) is 5.10. The van der Waals surface area contributed by atoms with E-state index in [4.69, 9.17) is 22.7 Å². The van der Waals surface area contributed by atoms with E-state index in [0.717, 1.165) is 35.3 Å². The number of benzene rings is 1. The van der Waals surface area contributed by atoms with Gasteiger partial charge in [-0.1, -0.05) is 18.3 Å². The third-order valence-corrected chi connectivity index (χ3v) is 4.89. The van der Waals surface area contributed by atoms with Crippen molar-refractivity contribution in [2.45, 2.75) is 31.4 Å². The Morgan fingerprint density at radius 3 is 3.05 bits per heavy atom. The van der Waals surface area contributed by atoms with Gasteiger partial charge in [0.15, 0.2) is 0 Å². The molecule has 19 heavy (non-hydrogen) atoms. The van der Waals surface area contributed by atoms with Crippen LogP contribution in [0.4, 0.5) is 5.69 Å². The summed E-state index contributed by atoms with van der Waals surface area (Å²) in [5.41, 5.74) is 7.99. The van der Waals surface area contributed by atoms with Gasteiger partial charge >= 0.3 is 0 Å². The molecule has 1 heterocycles. The van der Waals surface area contributed by atoms with Gasteiger partial charge in [-0.25, -0.2) is 0 Å². The highest BCUT2D eigenvalue weighted by Crippen LogP contribution is 2.36. The van der Waals surface area contributed by atoms with Crippen LogP contribution in [0.5, 0.6) is 0 Å². The topological polar surface area (TPSA) is 38.5 Å². The molecule has 0 amide bonds. The Bertz CT molecular complexity index is 508. The lowest BCUT2D eigenvalue weighted by atomic mass is 10.1. The molecule has 2 unspecified atom stereocenters. The van der Waals surface area contributed by atoms with Crippen LogP contribution in [0, 0.1) is 0 Å². The molecule has 3 nitrogen and oxygen atoms in total. The van der Waals surface area contributed by atoms with Crippen LogP contribution in [0.1, 0.15) is 24.8 Å². The first-order chi connectivity index (χ1) is 9.18. The summed E-state index contributed by atoms with van der Waals surface area (Å²) in [6, 6.07) is 6.61. The van der Waals surface area contributed by atoms with Gasteiger partial charge in [-0.05, 0) is 47.3 Å². The van der Waals surface area contributed by atoms with E-state index in [-0.39, 0.29) is 0 Å². The molecule has 0 radical (unpaired) electrons. The molecule has 2 fully saturated rings. The number of halogens is 1. The summed E-state index contributed by atoms with van der Waals surface area (Å²) in [4.78, 5) is 2.88. The first-order valence-corrected chi connectivity index (χ1v) is 7.85. The fourth-order valence-electron chi connectivity index (χ4n) is 3.22. The standard InChI is InChI=1S/C14H17BrN2OS/c15-9-3-1-5-11(13(9)14(16)19)17-7-8-18-12-6-2-4-10(12)17/h1,3,5,10,12H,2,4,6-8H2,(H2,16,19). The maximum absolute atomic E-state index is 5.90. The molecule has 1 aliphatic carbocycles. The Morgan fingerprint density at radius 2 is 2.26 bits per heavy atom. The van der Waals surface area contributed by atoms with E-state index in [2.05, 4.69) is 26.9 Å². The van der Waals surface area contributed by atoms with E-state index in [9.17, 15) is 0 Å². The summed E-state index contributed by atoms with van der Waals surface area (Å²) in [6.07, 6.45) is 3.96. The van der Waals surface area contributed by atoms with Crippen LogP contribution in [-0.2, 0) is 4.74 Å². The number of nitrogens with two attached hydrogens (primary N) is 1. The van der Waals surface area contributed by atoms with Crippen molar-refractivity contribution in [3.63, 3.8) is 0 Å². The van der Waals surface area contributed by atoms with Crippen LogP contribution < -0.4 is 10.6 Å². The predicted molar refractivity (Wildman–Crippen MR) is 84.8 cm³/mol. The maximum Gasteiger partial charge on any atom is 0.107 e. The van der Waals surface area contributed by atoms with Crippen molar-refractivity contribution in [3.05, 3.63) is 28.2 Å². The normalized spacial score (nSPS) is 26.3. The minimum Gasteiger partial charge on any atom is -0.389 e. The molecule has 1 aromatic carbocycles. The first-order valence-electron chi connectivity index (χ1n) is 6.65. The maximum atomic E-state index is 5.90. The number of ether oxygens (including phenoxy) is 1. The smallest absolute Gasteiger partial charge is 0.107 e. The average molecular weight is 341 g/mol. The lowest BCUT2D eigenvalue weighted by molar-refractivity contribution is 0.0256. The van der Waals surface area contributed by atoms with E-state index >= 15 is 0 Å². The highest BCUT2D eigenvalue weighted by atomic mass is 79.9. The van der Waals surface area contributed by atoms with Crippen LogP contribution >= 0.6 is 28.1 Å². The summed E-state index contributed by atoms with van der Waals surface area (Å²) in [6.45, 7) is 1.69. The number of anilines is 1. The largest absolute Gasteiger partial charge is 0.389 e. The third kappa shape index (κ3) is 2.39. The summed E-state index contributed by atoms with van der Waals surface area (Å²) in [5.74, 6) is 0. The average Bonchev–Trinajstić information content (AvgIpc) is 2.85. The van der Waals surface area contributed by atoms with Gasteiger partial charge in [-0.15, -0.1) is 0 Å². The molecule has 1 aliphatic heterocycles. The lowest BCUT2D eigenvalue weighted by Gasteiger charge is -2.40. The quantitative estimate of drug-likeness (QED) is 0.840. The van der Waals surface area contributed by atoms with Gasteiger partial charge < -0.3 is 15.4 Å². The zero-order valence-electron chi connectivity index (χ0n) is 10.6. The van der Waals surface area contributed by atoms with Crippen LogP contribution in [0.2, 0.25) is 0 Å². The number of thiocarbonyl (C=S) groups is 1. The van der Waals surface area contributed by atoms with E-state index in [0.29, 0.717) is 17.1 Å². The van der Waals surface area contributed by atoms with Crippen molar-refractivity contribution in [1.82, 2.24) is 0 Å². The zero-order chi connectivity index (χ0) is 13.4. The molecule has 102 valence electrons. The van der Waals surface area contributed by atoms with Gasteiger partial charge in [0, 0.05) is 22.3 Å². The van der Waals surface area contributed by atoms with E-state index < -0.39 is 0 Å². The molecule has 1 aromatic rings. The van der Waals surface area contributed by atoms with Crippen molar-refractivity contribution in [2.24, 2.45) is 5.73 Å². The molecule has 1 saturated heterocycles. The Hall–Kier alpha value is -0.650. The fraction of sp³-hybridized carbons (Fsp3) is 0.500. The lowest BCUT2D eigenvalue weighted by Crippen LogP contribution is -2.49. The minimum absolute atomic E-state index is 0.368. The van der Waals surface area contributed by atoms with Gasteiger partial charge in [0.2, 0.25) is 0 Å². The molecular weight excluding hydrogens is 324 g/mol. The second kappa shape index (κ2) is 5.38. The van der Waals surface area contributed by atoms with Gasteiger partial charge in [0.1, 0.15) is 4.99 Å². The first kappa shape index (κ1) is 13.3. The molecular formula is C14H17BrN2OS. The summed E-state index contributed by atoms with van der Waals surface area (Å²) >= 11 is 8.78. The summed E-state index contributed by atoms with van der Waals surface area (Å²) in [7, 11) is 0. The highest BCUT2D eigenvalue weighted by Gasteiger charge is 2.37. The van der Waals surface area contributed by atoms with Crippen molar-refractivity contribution >= 4 is 38.8 Å². The third-order valence-electron chi connectivity index (χ3n) is 4.03. The van der Waals surface area contributed by atoms with Crippen molar-refractivity contribution in [1.29, 1.82) is 0 Å². The number of hydrogen-bond donors (Lipinski definition) is 1. The van der Waals surface area contributed by atoms with Gasteiger partial charge in [0.05, 0.1) is 18.8 Å². The van der Waals surface area contributed by atoms with Crippen LogP contribution in [0.3, 0.4) is 0 Å². The molecule has 0 bridgehead atoms. The SMILES string of the molecule is NC(=S)c1c(Br)cccc1N1CCOC2CCCC21.